The summed E-state index contributed by atoms with van der Waals surface area (Å²) in [7, 11) is 2.09. The second kappa shape index (κ2) is 5.77. The lowest BCUT2D eigenvalue weighted by molar-refractivity contribution is 0.212. The summed E-state index contributed by atoms with van der Waals surface area (Å²) in [5.74, 6) is 0.563. The third kappa shape index (κ3) is 2.33. The molecule has 1 aliphatic heterocycles. The van der Waals surface area contributed by atoms with Crippen LogP contribution in [0.25, 0.3) is 28.3 Å². The van der Waals surface area contributed by atoms with Crippen LogP contribution in [0.4, 0.5) is 0 Å². The molecule has 1 atom stereocenters. The normalized spacial score (nSPS) is 18.7. The highest BCUT2D eigenvalue weighted by Gasteiger charge is 2.23. The Bertz CT molecular complexity index is 1160. The molecule has 0 amide bonds. The largest absolute Gasteiger partial charge is 0.328 e. The maximum atomic E-state index is 12.6. The first-order chi connectivity index (χ1) is 12.7. The van der Waals surface area contributed by atoms with Gasteiger partial charge in [0.1, 0.15) is 16.9 Å². The van der Waals surface area contributed by atoms with E-state index in [0.29, 0.717) is 17.0 Å². The summed E-state index contributed by atoms with van der Waals surface area (Å²) in [4.78, 5) is 31.3. The quantitative estimate of drug-likeness (QED) is 0.595. The Hall–Kier alpha value is -3.00. The first-order valence-corrected chi connectivity index (χ1v) is 8.79. The molecule has 26 heavy (non-hydrogen) atoms. The van der Waals surface area contributed by atoms with Gasteiger partial charge in [0, 0.05) is 12.7 Å². The summed E-state index contributed by atoms with van der Waals surface area (Å²) >= 11 is 0. The number of likely N-dealkylation sites (N-methyl/N-ethyl adjacent to an activating group) is 1. The molecule has 4 aromatic heterocycles. The van der Waals surface area contributed by atoms with Gasteiger partial charge < -0.3 is 9.88 Å². The van der Waals surface area contributed by atoms with Crippen molar-refractivity contribution in [1.82, 2.24) is 33.8 Å². The number of likely N-dealkylation sites (tertiary alicyclic amines) is 1. The fourth-order valence-electron chi connectivity index (χ4n) is 3.83. The van der Waals surface area contributed by atoms with Crippen molar-refractivity contribution in [2.45, 2.75) is 18.9 Å². The van der Waals surface area contributed by atoms with Gasteiger partial charge in [0.2, 0.25) is 0 Å². The van der Waals surface area contributed by atoms with Crippen molar-refractivity contribution in [2.24, 2.45) is 0 Å². The van der Waals surface area contributed by atoms with Crippen LogP contribution in [0.3, 0.4) is 0 Å². The van der Waals surface area contributed by atoms with Crippen LogP contribution in [0, 0.1) is 0 Å². The Morgan fingerprint density at radius 2 is 2.15 bits per heavy atom. The summed E-state index contributed by atoms with van der Waals surface area (Å²) in [6, 6.07) is 5.95. The Kier molecular flexibility index (Phi) is 3.39. The Labute approximate surface area is 149 Å². The average molecular weight is 349 g/mol. The molecule has 1 saturated heterocycles. The van der Waals surface area contributed by atoms with Crippen LogP contribution in [-0.2, 0) is 0 Å². The first kappa shape index (κ1) is 15.3. The van der Waals surface area contributed by atoms with E-state index in [0.717, 1.165) is 37.3 Å². The van der Waals surface area contributed by atoms with Crippen LogP contribution in [-0.4, -0.2) is 53.9 Å². The molecule has 1 N–H and O–H groups in total. The summed E-state index contributed by atoms with van der Waals surface area (Å²) in [5, 5.41) is 0. The fraction of sp³-hybridized carbons (Fsp3) is 0.333. The Balaban J connectivity index is 1.67. The second-order valence-electron chi connectivity index (χ2n) is 6.86. The molecule has 0 saturated carbocycles. The van der Waals surface area contributed by atoms with E-state index in [-0.39, 0.29) is 11.7 Å². The number of pyridine rings is 1. The van der Waals surface area contributed by atoms with Crippen molar-refractivity contribution in [3.63, 3.8) is 0 Å². The van der Waals surface area contributed by atoms with E-state index >= 15 is 0 Å². The highest BCUT2D eigenvalue weighted by atomic mass is 16.1. The van der Waals surface area contributed by atoms with Gasteiger partial charge in [-0.25, -0.2) is 19.7 Å². The van der Waals surface area contributed by atoms with Crippen LogP contribution in [0.5, 0.6) is 0 Å². The second-order valence-corrected chi connectivity index (χ2v) is 6.86. The van der Waals surface area contributed by atoms with Crippen molar-refractivity contribution in [2.75, 3.05) is 20.1 Å². The van der Waals surface area contributed by atoms with Crippen LogP contribution < -0.4 is 5.69 Å². The van der Waals surface area contributed by atoms with Crippen molar-refractivity contribution in [3.8, 4) is 11.5 Å². The van der Waals surface area contributed by atoms with Crippen molar-refractivity contribution >= 4 is 16.8 Å². The number of H-pyrrole nitrogens is 1. The van der Waals surface area contributed by atoms with E-state index in [1.807, 2.05) is 28.8 Å². The smallest absolute Gasteiger partial charge is 0.304 e. The molecule has 0 aromatic carbocycles. The third-order valence-electron chi connectivity index (χ3n) is 5.07. The standard InChI is InChI=1S/C18H19N7O/c1-23-7-4-5-12(11-23)25-17-13(21-18(25)26)9-20-16(22-17)14-10-19-15-6-2-3-8-24(14)15/h2-3,6,8-10,12H,4-5,7,11H2,1H3,(H,21,26)/t12-/m0/s1. The van der Waals surface area contributed by atoms with E-state index in [9.17, 15) is 4.79 Å². The lowest BCUT2D eigenvalue weighted by atomic mass is 10.1. The van der Waals surface area contributed by atoms with Gasteiger partial charge in [-0.2, -0.15) is 0 Å². The van der Waals surface area contributed by atoms with Gasteiger partial charge in [0.25, 0.3) is 0 Å². The van der Waals surface area contributed by atoms with E-state index in [1.165, 1.54) is 0 Å². The monoisotopic (exact) mass is 349 g/mol. The van der Waals surface area contributed by atoms with E-state index in [4.69, 9.17) is 4.98 Å². The minimum absolute atomic E-state index is 0.120. The zero-order valence-electron chi connectivity index (χ0n) is 14.5. The molecule has 8 heteroatoms. The summed E-state index contributed by atoms with van der Waals surface area (Å²) in [6.45, 7) is 1.91. The number of aromatic nitrogens is 6. The fourth-order valence-corrected chi connectivity index (χ4v) is 3.83. The first-order valence-electron chi connectivity index (χ1n) is 8.79. The molecule has 5 heterocycles. The molecule has 4 aromatic rings. The lowest BCUT2D eigenvalue weighted by Gasteiger charge is -2.30. The molecule has 0 aliphatic carbocycles. The third-order valence-corrected chi connectivity index (χ3v) is 5.07. The number of nitrogens with zero attached hydrogens (tertiary/aromatic N) is 6. The van der Waals surface area contributed by atoms with Crippen molar-refractivity contribution in [1.29, 1.82) is 0 Å². The maximum Gasteiger partial charge on any atom is 0.328 e. The number of piperidine rings is 1. The predicted octanol–water partition coefficient (Wildman–Crippen LogP) is 1.70. The summed E-state index contributed by atoms with van der Waals surface area (Å²) in [6.07, 6.45) is 7.44. The van der Waals surface area contributed by atoms with Crippen LogP contribution in [0.1, 0.15) is 18.9 Å². The molecule has 0 radical (unpaired) electrons. The van der Waals surface area contributed by atoms with Gasteiger partial charge in [-0.15, -0.1) is 0 Å². The average Bonchev–Trinajstić information content (AvgIpc) is 3.21. The molecule has 0 bridgehead atoms. The number of fused-ring (bicyclic) bond motifs is 2. The minimum atomic E-state index is -0.120. The van der Waals surface area contributed by atoms with Gasteiger partial charge in [0.15, 0.2) is 11.5 Å². The zero-order chi connectivity index (χ0) is 17.7. The molecular weight excluding hydrogens is 330 g/mol. The van der Waals surface area contributed by atoms with Crippen LogP contribution >= 0.6 is 0 Å². The summed E-state index contributed by atoms with van der Waals surface area (Å²) < 4.78 is 3.74. The molecule has 5 rings (SSSR count). The van der Waals surface area contributed by atoms with E-state index in [2.05, 4.69) is 26.9 Å². The predicted molar refractivity (Wildman–Crippen MR) is 98.1 cm³/mol. The molecular formula is C18H19N7O. The van der Waals surface area contributed by atoms with Gasteiger partial charge in [-0.3, -0.25) is 8.97 Å². The Morgan fingerprint density at radius 1 is 1.23 bits per heavy atom. The number of aromatic amines is 1. The number of imidazole rings is 2. The van der Waals surface area contributed by atoms with Crippen molar-refractivity contribution < 1.29 is 0 Å². The lowest BCUT2D eigenvalue weighted by Crippen LogP contribution is -2.37. The number of hydrogen-bond acceptors (Lipinski definition) is 5. The molecule has 1 fully saturated rings. The van der Waals surface area contributed by atoms with E-state index < -0.39 is 0 Å². The van der Waals surface area contributed by atoms with Gasteiger partial charge in [-0.05, 0) is 38.6 Å². The van der Waals surface area contributed by atoms with Crippen LogP contribution in [0.2, 0.25) is 0 Å². The molecule has 0 unspecified atom stereocenters. The number of rotatable bonds is 2. The molecule has 132 valence electrons. The summed E-state index contributed by atoms with van der Waals surface area (Å²) in [5.41, 5.74) is 2.85. The highest BCUT2D eigenvalue weighted by molar-refractivity contribution is 5.72. The van der Waals surface area contributed by atoms with E-state index in [1.54, 1.807) is 17.0 Å². The topological polar surface area (TPSA) is 84.1 Å². The van der Waals surface area contributed by atoms with Gasteiger partial charge >= 0.3 is 5.69 Å². The maximum absolute atomic E-state index is 12.6. The Morgan fingerprint density at radius 3 is 3.04 bits per heavy atom. The van der Waals surface area contributed by atoms with Gasteiger partial charge in [0.05, 0.1) is 18.4 Å². The van der Waals surface area contributed by atoms with Gasteiger partial charge in [-0.1, -0.05) is 6.07 Å². The SMILES string of the molecule is CN1CCC[C@H](n2c(=O)[nH]c3cnc(-c4cnc5ccccn45)nc32)C1. The number of hydrogen-bond donors (Lipinski definition) is 1. The zero-order valence-corrected chi connectivity index (χ0v) is 14.5. The van der Waals surface area contributed by atoms with Crippen molar-refractivity contribution in [3.05, 3.63) is 47.3 Å². The molecule has 1 aliphatic rings. The highest BCUT2D eigenvalue weighted by Crippen LogP contribution is 2.24. The minimum Gasteiger partial charge on any atom is -0.304 e. The number of nitrogens with one attached hydrogen (secondary N) is 1. The van der Waals surface area contributed by atoms with Crippen LogP contribution in [0.15, 0.2) is 41.6 Å². The molecule has 8 nitrogen and oxygen atoms in total. The molecule has 0 spiro atoms.